The number of halogens is 1. The minimum absolute atomic E-state index is 0.0499. The number of nitrogens with one attached hydrogen (secondary N) is 1. The van der Waals surface area contributed by atoms with E-state index < -0.39 is 0 Å². The Labute approximate surface area is 156 Å². The lowest BCUT2D eigenvalue weighted by Crippen LogP contribution is -2.08. The average Bonchev–Trinajstić information content (AvgIpc) is 2.68. The van der Waals surface area contributed by atoms with Crippen molar-refractivity contribution in [3.63, 3.8) is 0 Å². The first kappa shape index (κ1) is 17.6. The molecule has 4 heteroatoms. The van der Waals surface area contributed by atoms with E-state index in [1.165, 1.54) is 6.08 Å². The summed E-state index contributed by atoms with van der Waals surface area (Å²) >= 11 is 5.83. The molecule has 0 aromatic heterocycles. The molecule has 1 amide bonds. The molecule has 0 bridgehead atoms. The standard InChI is InChI=1S/C22H16ClNO2/c23-19-11-6-16(7-12-19)8-15-21(25)24-20-13-9-18(10-14-20)22(26)17-4-2-1-3-5-17/h1-15H,(H,24,25)/b15-8-. The highest BCUT2D eigenvalue weighted by Crippen LogP contribution is 2.14. The minimum Gasteiger partial charge on any atom is -0.323 e. The van der Waals surface area contributed by atoms with Crippen LogP contribution in [0.2, 0.25) is 5.02 Å². The summed E-state index contributed by atoms with van der Waals surface area (Å²) in [6, 6.07) is 23.1. The van der Waals surface area contributed by atoms with Crippen LogP contribution in [0.25, 0.3) is 6.08 Å². The number of anilines is 1. The normalized spacial score (nSPS) is 10.7. The molecule has 0 heterocycles. The summed E-state index contributed by atoms with van der Waals surface area (Å²) in [6.45, 7) is 0. The number of carbonyl (C=O) groups is 2. The second-order valence-electron chi connectivity index (χ2n) is 5.65. The maximum Gasteiger partial charge on any atom is 0.248 e. The molecule has 3 rings (SSSR count). The lowest BCUT2D eigenvalue weighted by atomic mass is 10.0. The maximum atomic E-state index is 12.4. The van der Waals surface area contributed by atoms with Crippen molar-refractivity contribution in [2.45, 2.75) is 0 Å². The third-order valence-corrected chi connectivity index (χ3v) is 4.00. The second-order valence-corrected chi connectivity index (χ2v) is 6.08. The van der Waals surface area contributed by atoms with Crippen molar-refractivity contribution in [1.82, 2.24) is 0 Å². The molecule has 1 N–H and O–H groups in total. The first-order valence-electron chi connectivity index (χ1n) is 8.06. The summed E-state index contributed by atoms with van der Waals surface area (Å²) in [7, 11) is 0. The Balaban J connectivity index is 1.62. The molecule has 3 nitrogen and oxygen atoms in total. The topological polar surface area (TPSA) is 46.2 Å². The molecule has 0 aliphatic heterocycles. The van der Waals surface area contributed by atoms with Crippen molar-refractivity contribution >= 4 is 35.1 Å². The van der Waals surface area contributed by atoms with Crippen LogP contribution in [0.5, 0.6) is 0 Å². The van der Waals surface area contributed by atoms with Crippen LogP contribution in [-0.2, 0) is 4.79 Å². The highest BCUT2D eigenvalue weighted by atomic mass is 35.5. The Morgan fingerprint density at radius 1 is 0.769 bits per heavy atom. The second kappa shape index (κ2) is 8.28. The molecule has 26 heavy (non-hydrogen) atoms. The zero-order chi connectivity index (χ0) is 18.4. The Bertz CT molecular complexity index is 930. The van der Waals surface area contributed by atoms with Gasteiger partial charge in [0.2, 0.25) is 5.91 Å². The van der Waals surface area contributed by atoms with E-state index in [4.69, 9.17) is 11.6 Å². The number of benzene rings is 3. The summed E-state index contributed by atoms with van der Waals surface area (Å²) in [5, 5.41) is 3.42. The number of ketones is 1. The Kier molecular flexibility index (Phi) is 5.62. The van der Waals surface area contributed by atoms with Crippen molar-refractivity contribution in [3.8, 4) is 0 Å². The van der Waals surface area contributed by atoms with Gasteiger partial charge in [0.25, 0.3) is 0 Å². The smallest absolute Gasteiger partial charge is 0.248 e. The van der Waals surface area contributed by atoms with Crippen molar-refractivity contribution in [2.24, 2.45) is 0 Å². The fourth-order valence-electron chi connectivity index (χ4n) is 2.39. The summed E-state index contributed by atoms with van der Waals surface area (Å²) in [4.78, 5) is 24.4. The monoisotopic (exact) mass is 361 g/mol. The van der Waals surface area contributed by atoms with E-state index in [1.54, 1.807) is 54.6 Å². The highest BCUT2D eigenvalue weighted by Gasteiger charge is 2.08. The Morgan fingerprint density at radius 2 is 1.38 bits per heavy atom. The van der Waals surface area contributed by atoms with Crippen molar-refractivity contribution < 1.29 is 9.59 Å². The first-order chi connectivity index (χ1) is 12.6. The minimum atomic E-state index is -0.248. The van der Waals surface area contributed by atoms with Crippen molar-refractivity contribution in [3.05, 3.63) is 107 Å². The van der Waals surface area contributed by atoms with E-state index in [0.717, 1.165) is 5.56 Å². The number of hydrogen-bond acceptors (Lipinski definition) is 2. The lowest BCUT2D eigenvalue weighted by Gasteiger charge is -2.05. The SMILES string of the molecule is O=C(/C=C\c1ccc(Cl)cc1)Nc1ccc(C(=O)c2ccccc2)cc1. The van der Waals surface area contributed by atoms with Gasteiger partial charge in [0.1, 0.15) is 0 Å². The van der Waals surface area contributed by atoms with E-state index in [2.05, 4.69) is 5.32 Å². The molecule has 0 radical (unpaired) electrons. The molecule has 0 spiro atoms. The molecule has 0 unspecified atom stereocenters. The van der Waals surface area contributed by atoms with Gasteiger partial charge in [-0.2, -0.15) is 0 Å². The van der Waals surface area contributed by atoms with Gasteiger partial charge in [-0.1, -0.05) is 54.1 Å². The van der Waals surface area contributed by atoms with Gasteiger partial charge in [-0.3, -0.25) is 9.59 Å². The number of rotatable bonds is 5. The third kappa shape index (κ3) is 4.68. The van der Waals surface area contributed by atoms with Gasteiger partial charge in [0.05, 0.1) is 0 Å². The fraction of sp³-hybridized carbons (Fsp3) is 0. The van der Waals surface area contributed by atoms with E-state index in [1.807, 2.05) is 30.3 Å². The molecule has 0 saturated carbocycles. The average molecular weight is 362 g/mol. The summed E-state index contributed by atoms with van der Waals surface area (Å²) < 4.78 is 0. The maximum absolute atomic E-state index is 12.4. The zero-order valence-electron chi connectivity index (χ0n) is 13.9. The third-order valence-electron chi connectivity index (χ3n) is 3.75. The van der Waals surface area contributed by atoms with Gasteiger partial charge in [0, 0.05) is 27.9 Å². The van der Waals surface area contributed by atoms with Crippen LogP contribution >= 0.6 is 11.6 Å². The van der Waals surface area contributed by atoms with Crippen molar-refractivity contribution in [1.29, 1.82) is 0 Å². The largest absolute Gasteiger partial charge is 0.323 e. The van der Waals surface area contributed by atoms with Crippen molar-refractivity contribution in [2.75, 3.05) is 5.32 Å². The predicted molar refractivity (Wildman–Crippen MR) is 105 cm³/mol. The van der Waals surface area contributed by atoms with E-state index in [0.29, 0.717) is 21.8 Å². The lowest BCUT2D eigenvalue weighted by molar-refractivity contribution is -0.111. The Hall–Kier alpha value is -3.17. The summed E-state index contributed by atoms with van der Waals surface area (Å²) in [6.07, 6.45) is 3.16. The quantitative estimate of drug-likeness (QED) is 0.500. The molecule has 0 fully saturated rings. The van der Waals surface area contributed by atoms with Gasteiger partial charge < -0.3 is 5.32 Å². The molecular weight excluding hydrogens is 346 g/mol. The van der Waals surface area contributed by atoms with Gasteiger partial charge in [-0.15, -0.1) is 0 Å². The summed E-state index contributed by atoms with van der Waals surface area (Å²) in [5.74, 6) is -0.298. The van der Waals surface area contributed by atoms with Gasteiger partial charge in [0.15, 0.2) is 5.78 Å². The van der Waals surface area contributed by atoms with Crippen LogP contribution in [0.15, 0.2) is 84.9 Å². The van der Waals surface area contributed by atoms with Crippen LogP contribution in [-0.4, -0.2) is 11.7 Å². The number of amides is 1. The van der Waals surface area contributed by atoms with Gasteiger partial charge in [-0.05, 0) is 48.0 Å². The van der Waals surface area contributed by atoms with Crippen LogP contribution in [0.4, 0.5) is 5.69 Å². The van der Waals surface area contributed by atoms with Crippen LogP contribution in [0.1, 0.15) is 21.5 Å². The molecule has 0 saturated heterocycles. The summed E-state index contributed by atoms with van der Waals surface area (Å²) in [5.41, 5.74) is 2.72. The van der Waals surface area contributed by atoms with Crippen LogP contribution < -0.4 is 5.32 Å². The molecule has 128 valence electrons. The number of carbonyl (C=O) groups excluding carboxylic acids is 2. The molecule has 0 atom stereocenters. The molecule has 0 aliphatic rings. The molecule has 3 aromatic carbocycles. The Morgan fingerprint density at radius 3 is 2.04 bits per heavy atom. The predicted octanol–water partition coefficient (Wildman–Crippen LogP) is 5.22. The molecule has 3 aromatic rings. The van der Waals surface area contributed by atoms with Crippen LogP contribution in [0.3, 0.4) is 0 Å². The van der Waals surface area contributed by atoms with E-state index in [9.17, 15) is 9.59 Å². The molecule has 0 aliphatic carbocycles. The number of hydrogen-bond donors (Lipinski definition) is 1. The molecular formula is C22H16ClNO2. The first-order valence-corrected chi connectivity index (χ1v) is 8.44. The highest BCUT2D eigenvalue weighted by molar-refractivity contribution is 6.30. The van der Waals surface area contributed by atoms with Crippen LogP contribution in [0, 0.1) is 0 Å². The van der Waals surface area contributed by atoms with E-state index >= 15 is 0 Å². The van der Waals surface area contributed by atoms with Gasteiger partial charge >= 0.3 is 0 Å². The van der Waals surface area contributed by atoms with Gasteiger partial charge in [-0.25, -0.2) is 0 Å². The fourth-order valence-corrected chi connectivity index (χ4v) is 2.52. The van der Waals surface area contributed by atoms with E-state index in [-0.39, 0.29) is 11.7 Å². The zero-order valence-corrected chi connectivity index (χ0v) is 14.6.